The van der Waals surface area contributed by atoms with E-state index in [1.54, 1.807) is 13.3 Å². The third-order valence-electron chi connectivity index (χ3n) is 4.53. The van der Waals surface area contributed by atoms with E-state index in [1.807, 2.05) is 18.2 Å². The summed E-state index contributed by atoms with van der Waals surface area (Å²) in [4.78, 5) is 4.25. The zero-order chi connectivity index (χ0) is 16.8. The Morgan fingerprint density at radius 1 is 1.21 bits per heavy atom. The second-order valence-electron chi connectivity index (χ2n) is 6.09. The lowest BCUT2D eigenvalue weighted by molar-refractivity contribution is 0.464. The minimum atomic E-state index is 0.370. The van der Waals surface area contributed by atoms with Gasteiger partial charge in [-0.15, -0.1) is 0 Å². The van der Waals surface area contributed by atoms with Crippen LogP contribution in [0.15, 0.2) is 39.9 Å². The molecular formula is C19H25N3O2. The average molecular weight is 327 g/mol. The van der Waals surface area contributed by atoms with Crippen LogP contribution < -0.4 is 10.6 Å². The van der Waals surface area contributed by atoms with Gasteiger partial charge in [-0.25, -0.2) is 0 Å². The summed E-state index contributed by atoms with van der Waals surface area (Å²) in [5, 5.41) is 16.8. The third-order valence-corrected chi connectivity index (χ3v) is 4.53. The fourth-order valence-corrected chi connectivity index (χ4v) is 3.24. The molecule has 5 heteroatoms. The van der Waals surface area contributed by atoms with Gasteiger partial charge in [0.25, 0.3) is 0 Å². The van der Waals surface area contributed by atoms with Gasteiger partial charge in [-0.3, -0.25) is 4.99 Å². The molecule has 0 atom stereocenters. The van der Waals surface area contributed by atoms with Gasteiger partial charge in [0.05, 0.1) is 6.26 Å². The number of nitrogens with one attached hydrogen (secondary N) is 2. The number of hydrogen-bond donors (Lipinski definition) is 3. The number of nitrogens with zero attached hydrogens (tertiary/aromatic N) is 1. The molecule has 0 fully saturated rings. The van der Waals surface area contributed by atoms with E-state index in [1.165, 1.54) is 24.0 Å². The van der Waals surface area contributed by atoms with Crippen LogP contribution in [0.1, 0.15) is 35.3 Å². The quantitative estimate of drug-likeness (QED) is 0.583. The SMILES string of the molecule is CN=C(NCCc1ccco1)NCc1c(O)ccc2c1CCCC2. The lowest BCUT2D eigenvalue weighted by Crippen LogP contribution is -2.38. The first-order chi connectivity index (χ1) is 11.8. The van der Waals surface area contributed by atoms with Crippen LogP contribution in [-0.2, 0) is 25.8 Å². The maximum Gasteiger partial charge on any atom is 0.191 e. The highest BCUT2D eigenvalue weighted by molar-refractivity contribution is 5.79. The van der Waals surface area contributed by atoms with Crippen LogP contribution in [-0.4, -0.2) is 24.7 Å². The topological polar surface area (TPSA) is 69.8 Å². The number of benzene rings is 1. The summed E-state index contributed by atoms with van der Waals surface area (Å²) >= 11 is 0. The first-order valence-electron chi connectivity index (χ1n) is 8.57. The van der Waals surface area contributed by atoms with Crippen LogP contribution in [0.3, 0.4) is 0 Å². The molecule has 128 valence electrons. The number of furan rings is 1. The first kappa shape index (κ1) is 16.4. The molecule has 0 saturated heterocycles. The monoisotopic (exact) mass is 327 g/mol. The largest absolute Gasteiger partial charge is 0.508 e. The van der Waals surface area contributed by atoms with Gasteiger partial charge in [-0.05, 0) is 55.0 Å². The molecule has 1 aliphatic rings. The Morgan fingerprint density at radius 2 is 2.08 bits per heavy atom. The number of hydrogen-bond acceptors (Lipinski definition) is 3. The number of aryl methyl sites for hydroxylation is 1. The summed E-state index contributed by atoms with van der Waals surface area (Å²) in [6, 6.07) is 7.73. The molecule has 0 aliphatic heterocycles. The van der Waals surface area contributed by atoms with Crippen molar-refractivity contribution < 1.29 is 9.52 Å². The third kappa shape index (κ3) is 3.91. The van der Waals surface area contributed by atoms with Crippen molar-refractivity contribution in [3.63, 3.8) is 0 Å². The van der Waals surface area contributed by atoms with Crippen LogP contribution in [0.2, 0.25) is 0 Å². The number of aromatic hydroxyl groups is 1. The zero-order valence-electron chi connectivity index (χ0n) is 14.1. The van der Waals surface area contributed by atoms with Crippen molar-refractivity contribution >= 4 is 5.96 Å². The van der Waals surface area contributed by atoms with Gasteiger partial charge in [0.1, 0.15) is 11.5 Å². The van der Waals surface area contributed by atoms with E-state index in [4.69, 9.17) is 4.42 Å². The lowest BCUT2D eigenvalue weighted by atomic mass is 9.88. The summed E-state index contributed by atoms with van der Waals surface area (Å²) < 4.78 is 5.32. The molecule has 0 unspecified atom stereocenters. The molecule has 0 bridgehead atoms. The average Bonchev–Trinajstić information content (AvgIpc) is 3.12. The molecular weight excluding hydrogens is 302 g/mol. The van der Waals surface area contributed by atoms with Crippen molar-refractivity contribution in [3.8, 4) is 5.75 Å². The molecule has 1 aromatic carbocycles. The maximum atomic E-state index is 10.2. The van der Waals surface area contributed by atoms with Crippen LogP contribution in [0.4, 0.5) is 0 Å². The van der Waals surface area contributed by atoms with E-state index in [9.17, 15) is 5.11 Å². The Bertz CT molecular complexity index is 693. The second-order valence-corrected chi connectivity index (χ2v) is 6.09. The van der Waals surface area contributed by atoms with Crippen molar-refractivity contribution in [1.29, 1.82) is 0 Å². The molecule has 5 nitrogen and oxygen atoms in total. The molecule has 1 heterocycles. The molecule has 0 amide bonds. The molecule has 0 spiro atoms. The molecule has 2 aromatic rings. The fourth-order valence-electron chi connectivity index (χ4n) is 3.24. The molecule has 0 radical (unpaired) electrons. The molecule has 3 rings (SSSR count). The Kier molecular flexibility index (Phi) is 5.41. The van der Waals surface area contributed by atoms with Crippen LogP contribution in [0.5, 0.6) is 5.75 Å². The smallest absolute Gasteiger partial charge is 0.191 e. The van der Waals surface area contributed by atoms with Crippen molar-refractivity contribution in [3.05, 3.63) is 53.0 Å². The molecule has 1 aromatic heterocycles. The lowest BCUT2D eigenvalue weighted by Gasteiger charge is -2.21. The van der Waals surface area contributed by atoms with Crippen LogP contribution in [0.25, 0.3) is 0 Å². The van der Waals surface area contributed by atoms with Crippen molar-refractivity contribution in [2.24, 2.45) is 4.99 Å². The van der Waals surface area contributed by atoms with Crippen LogP contribution in [0, 0.1) is 0 Å². The Morgan fingerprint density at radius 3 is 2.88 bits per heavy atom. The molecule has 1 aliphatic carbocycles. The van der Waals surface area contributed by atoms with E-state index in [2.05, 4.69) is 21.7 Å². The molecule has 24 heavy (non-hydrogen) atoms. The summed E-state index contributed by atoms with van der Waals surface area (Å²) in [5.74, 6) is 2.05. The van der Waals surface area contributed by atoms with Crippen molar-refractivity contribution in [1.82, 2.24) is 10.6 Å². The fraction of sp³-hybridized carbons (Fsp3) is 0.421. The number of phenols is 1. The minimum Gasteiger partial charge on any atom is -0.508 e. The molecule has 3 N–H and O–H groups in total. The molecule has 0 saturated carbocycles. The Balaban J connectivity index is 1.57. The first-order valence-corrected chi connectivity index (χ1v) is 8.57. The van der Waals surface area contributed by atoms with Gasteiger partial charge >= 0.3 is 0 Å². The van der Waals surface area contributed by atoms with E-state index >= 15 is 0 Å². The second kappa shape index (κ2) is 7.90. The standard InChI is InChI=1S/C19H25N3O2/c1-20-19(21-11-10-15-6-4-12-24-15)22-13-17-16-7-3-2-5-14(16)8-9-18(17)23/h4,6,8-9,12,23H,2-3,5,7,10-11,13H2,1H3,(H2,20,21,22). The summed E-state index contributed by atoms with van der Waals surface area (Å²) in [7, 11) is 1.75. The van der Waals surface area contributed by atoms with E-state index < -0.39 is 0 Å². The van der Waals surface area contributed by atoms with Crippen molar-refractivity contribution in [2.75, 3.05) is 13.6 Å². The van der Waals surface area contributed by atoms with Gasteiger partial charge in [-0.1, -0.05) is 6.07 Å². The highest BCUT2D eigenvalue weighted by atomic mass is 16.3. The zero-order valence-corrected chi connectivity index (χ0v) is 14.1. The van der Waals surface area contributed by atoms with Crippen LogP contribution >= 0.6 is 0 Å². The predicted octanol–water partition coefficient (Wildman–Crippen LogP) is 2.77. The number of fused-ring (bicyclic) bond motifs is 1. The Labute approximate surface area is 142 Å². The number of guanidine groups is 1. The van der Waals surface area contributed by atoms with E-state index in [0.29, 0.717) is 12.3 Å². The van der Waals surface area contributed by atoms with Gasteiger partial charge in [0, 0.05) is 32.1 Å². The normalized spacial score (nSPS) is 14.3. The predicted molar refractivity (Wildman–Crippen MR) is 95.4 cm³/mol. The van der Waals surface area contributed by atoms with E-state index in [-0.39, 0.29) is 0 Å². The van der Waals surface area contributed by atoms with Crippen molar-refractivity contribution in [2.45, 2.75) is 38.6 Å². The summed E-state index contributed by atoms with van der Waals surface area (Å²) in [5.41, 5.74) is 3.68. The van der Waals surface area contributed by atoms with Gasteiger partial charge in [0.15, 0.2) is 5.96 Å². The maximum absolute atomic E-state index is 10.2. The minimum absolute atomic E-state index is 0.370. The number of rotatable bonds is 5. The highest BCUT2D eigenvalue weighted by Crippen LogP contribution is 2.30. The Hall–Kier alpha value is -2.43. The number of phenolic OH excluding ortho intramolecular Hbond substituents is 1. The summed E-state index contributed by atoms with van der Waals surface area (Å²) in [6.45, 7) is 1.32. The van der Waals surface area contributed by atoms with Gasteiger partial charge in [0.2, 0.25) is 0 Å². The van der Waals surface area contributed by atoms with E-state index in [0.717, 1.165) is 43.1 Å². The number of aliphatic imine (C=N–C) groups is 1. The van der Waals surface area contributed by atoms with Gasteiger partial charge < -0.3 is 20.2 Å². The summed E-state index contributed by atoms with van der Waals surface area (Å²) in [6.07, 6.45) is 7.08. The van der Waals surface area contributed by atoms with Gasteiger partial charge in [-0.2, -0.15) is 0 Å². The highest BCUT2D eigenvalue weighted by Gasteiger charge is 2.16.